The maximum absolute atomic E-state index is 12.2. The Morgan fingerprint density at radius 2 is 2.05 bits per heavy atom. The molecule has 1 aliphatic rings. The standard InChI is InChI=1S/C14H19ClN2O4/c1-19-12-5-9(15)10(6-13(12)20-2)17-14(18)11-4-3-8(7-16)21-11/h5-6,8,11H,3-4,7,16H2,1-2H3,(H,17,18). The van der Waals surface area contributed by atoms with Crippen LogP contribution in [0, 0.1) is 0 Å². The predicted molar refractivity (Wildman–Crippen MR) is 80.1 cm³/mol. The molecule has 1 aromatic rings. The number of nitrogens with one attached hydrogen (secondary N) is 1. The van der Waals surface area contributed by atoms with E-state index in [1.807, 2.05) is 0 Å². The van der Waals surface area contributed by atoms with Crippen LogP contribution in [0.3, 0.4) is 0 Å². The van der Waals surface area contributed by atoms with Gasteiger partial charge in [-0.25, -0.2) is 0 Å². The van der Waals surface area contributed by atoms with Gasteiger partial charge in [-0.05, 0) is 12.8 Å². The zero-order chi connectivity index (χ0) is 15.4. The minimum atomic E-state index is -0.497. The zero-order valence-corrected chi connectivity index (χ0v) is 12.8. The Bertz CT molecular complexity index is 524. The largest absolute Gasteiger partial charge is 0.493 e. The van der Waals surface area contributed by atoms with Gasteiger partial charge in [-0.3, -0.25) is 4.79 Å². The number of rotatable bonds is 5. The third-order valence-electron chi connectivity index (χ3n) is 3.39. The lowest BCUT2D eigenvalue weighted by atomic mass is 10.2. The van der Waals surface area contributed by atoms with Crippen molar-refractivity contribution in [1.29, 1.82) is 0 Å². The maximum Gasteiger partial charge on any atom is 0.253 e. The number of hydrogen-bond donors (Lipinski definition) is 2. The molecule has 1 saturated heterocycles. The van der Waals surface area contributed by atoms with E-state index in [2.05, 4.69) is 5.32 Å². The molecule has 2 atom stereocenters. The van der Waals surface area contributed by atoms with Crippen molar-refractivity contribution in [2.75, 3.05) is 26.1 Å². The molecule has 0 radical (unpaired) electrons. The second-order valence-electron chi connectivity index (χ2n) is 4.74. The Morgan fingerprint density at radius 3 is 2.62 bits per heavy atom. The van der Waals surface area contributed by atoms with Gasteiger partial charge in [0.2, 0.25) is 0 Å². The minimum absolute atomic E-state index is 0.0541. The molecule has 0 aliphatic carbocycles. The fraction of sp³-hybridized carbons (Fsp3) is 0.500. The quantitative estimate of drug-likeness (QED) is 0.866. The number of carbonyl (C=O) groups is 1. The molecule has 21 heavy (non-hydrogen) atoms. The third kappa shape index (κ3) is 3.58. The molecule has 0 saturated carbocycles. The van der Waals surface area contributed by atoms with Crippen LogP contribution in [0.2, 0.25) is 5.02 Å². The molecule has 1 aliphatic heterocycles. The van der Waals surface area contributed by atoms with Crippen LogP contribution in [0.1, 0.15) is 12.8 Å². The Labute approximate surface area is 128 Å². The van der Waals surface area contributed by atoms with Crippen molar-refractivity contribution >= 4 is 23.2 Å². The summed E-state index contributed by atoms with van der Waals surface area (Å²) in [5, 5.41) is 3.12. The van der Waals surface area contributed by atoms with Crippen molar-refractivity contribution in [3.63, 3.8) is 0 Å². The monoisotopic (exact) mass is 314 g/mol. The van der Waals surface area contributed by atoms with Gasteiger partial charge in [0.15, 0.2) is 11.5 Å². The Morgan fingerprint density at radius 1 is 1.38 bits per heavy atom. The summed E-state index contributed by atoms with van der Waals surface area (Å²) in [6, 6.07) is 3.21. The summed E-state index contributed by atoms with van der Waals surface area (Å²) in [5.74, 6) is 0.755. The van der Waals surface area contributed by atoms with E-state index in [-0.39, 0.29) is 12.0 Å². The molecule has 6 nitrogen and oxygen atoms in total. The van der Waals surface area contributed by atoms with Crippen molar-refractivity contribution in [3.8, 4) is 11.5 Å². The molecule has 0 bridgehead atoms. The summed E-state index contributed by atoms with van der Waals surface area (Å²) < 4.78 is 15.9. The summed E-state index contributed by atoms with van der Waals surface area (Å²) in [4.78, 5) is 12.2. The normalized spacial score (nSPS) is 21.1. The van der Waals surface area contributed by atoms with Crippen molar-refractivity contribution in [3.05, 3.63) is 17.2 Å². The highest BCUT2D eigenvalue weighted by atomic mass is 35.5. The van der Waals surface area contributed by atoms with Gasteiger partial charge in [0, 0.05) is 18.7 Å². The van der Waals surface area contributed by atoms with Gasteiger partial charge in [-0.15, -0.1) is 0 Å². The first-order valence-electron chi connectivity index (χ1n) is 6.67. The molecular formula is C14H19ClN2O4. The highest BCUT2D eigenvalue weighted by Gasteiger charge is 2.30. The fourth-order valence-corrected chi connectivity index (χ4v) is 2.44. The second-order valence-corrected chi connectivity index (χ2v) is 5.14. The van der Waals surface area contributed by atoms with Gasteiger partial charge in [0.05, 0.1) is 31.0 Å². The summed E-state index contributed by atoms with van der Waals surface area (Å²) in [5.41, 5.74) is 5.99. The Kier molecular flexibility index (Phi) is 5.27. The number of anilines is 1. The van der Waals surface area contributed by atoms with E-state index < -0.39 is 6.10 Å². The van der Waals surface area contributed by atoms with Crippen LogP contribution >= 0.6 is 11.6 Å². The topological polar surface area (TPSA) is 82.8 Å². The zero-order valence-electron chi connectivity index (χ0n) is 12.0. The summed E-state index contributed by atoms with van der Waals surface area (Å²) in [6.45, 7) is 0.418. The van der Waals surface area contributed by atoms with E-state index in [1.165, 1.54) is 14.2 Å². The summed E-state index contributed by atoms with van der Waals surface area (Å²) in [6.07, 6.45) is 0.886. The molecule has 2 unspecified atom stereocenters. The smallest absolute Gasteiger partial charge is 0.253 e. The van der Waals surface area contributed by atoms with Crippen molar-refractivity contribution in [2.45, 2.75) is 25.0 Å². The molecular weight excluding hydrogens is 296 g/mol. The van der Waals surface area contributed by atoms with E-state index >= 15 is 0 Å². The molecule has 7 heteroatoms. The Balaban J connectivity index is 2.10. The molecule has 0 spiro atoms. The van der Waals surface area contributed by atoms with Gasteiger partial charge in [0.1, 0.15) is 6.10 Å². The number of carbonyl (C=O) groups excluding carboxylic acids is 1. The summed E-state index contributed by atoms with van der Waals surface area (Å²) >= 11 is 6.13. The van der Waals surface area contributed by atoms with Crippen LogP contribution < -0.4 is 20.5 Å². The van der Waals surface area contributed by atoms with Crippen LogP contribution in [0.5, 0.6) is 11.5 Å². The van der Waals surface area contributed by atoms with Crippen molar-refractivity contribution < 1.29 is 19.0 Å². The molecule has 0 aromatic heterocycles. The highest BCUT2D eigenvalue weighted by Crippen LogP contribution is 2.36. The van der Waals surface area contributed by atoms with Crippen LogP contribution in [-0.4, -0.2) is 38.9 Å². The lowest BCUT2D eigenvalue weighted by molar-refractivity contribution is -0.126. The van der Waals surface area contributed by atoms with E-state index in [1.54, 1.807) is 12.1 Å². The highest BCUT2D eigenvalue weighted by molar-refractivity contribution is 6.34. The van der Waals surface area contributed by atoms with Gasteiger partial charge < -0.3 is 25.3 Å². The molecule has 1 fully saturated rings. The molecule has 1 amide bonds. The lowest BCUT2D eigenvalue weighted by Gasteiger charge is -2.15. The number of ether oxygens (including phenoxy) is 3. The van der Waals surface area contributed by atoms with Crippen LogP contribution in [0.4, 0.5) is 5.69 Å². The fourth-order valence-electron chi connectivity index (χ4n) is 2.24. The second kappa shape index (κ2) is 6.98. The number of methoxy groups -OCH3 is 2. The molecule has 1 aromatic carbocycles. The van der Waals surface area contributed by atoms with Gasteiger partial charge in [-0.1, -0.05) is 11.6 Å². The predicted octanol–water partition coefficient (Wildman–Crippen LogP) is 1.80. The molecule has 116 valence electrons. The molecule has 3 N–H and O–H groups in total. The number of amides is 1. The number of hydrogen-bond acceptors (Lipinski definition) is 5. The lowest BCUT2D eigenvalue weighted by Crippen LogP contribution is -2.29. The van der Waals surface area contributed by atoms with Gasteiger partial charge in [0.25, 0.3) is 5.91 Å². The molecule has 2 rings (SSSR count). The van der Waals surface area contributed by atoms with E-state index in [0.717, 1.165) is 6.42 Å². The first kappa shape index (κ1) is 15.9. The van der Waals surface area contributed by atoms with Crippen LogP contribution in [0.25, 0.3) is 0 Å². The van der Waals surface area contributed by atoms with Crippen LogP contribution in [0.15, 0.2) is 12.1 Å². The maximum atomic E-state index is 12.2. The summed E-state index contributed by atoms with van der Waals surface area (Å²) in [7, 11) is 3.04. The number of halogens is 1. The van der Waals surface area contributed by atoms with Crippen LogP contribution in [-0.2, 0) is 9.53 Å². The number of nitrogens with two attached hydrogens (primary N) is 1. The Hall–Kier alpha value is -1.50. The average Bonchev–Trinajstić information content (AvgIpc) is 2.97. The minimum Gasteiger partial charge on any atom is -0.493 e. The first-order chi connectivity index (χ1) is 10.1. The number of benzene rings is 1. The van der Waals surface area contributed by atoms with E-state index in [9.17, 15) is 4.79 Å². The SMILES string of the molecule is COc1cc(Cl)c(NC(=O)C2CCC(CN)O2)cc1OC. The third-order valence-corrected chi connectivity index (χ3v) is 3.71. The first-order valence-corrected chi connectivity index (χ1v) is 7.04. The average molecular weight is 315 g/mol. The van der Waals surface area contributed by atoms with Gasteiger partial charge in [-0.2, -0.15) is 0 Å². The van der Waals surface area contributed by atoms with E-state index in [4.69, 9.17) is 31.5 Å². The van der Waals surface area contributed by atoms with Crippen molar-refractivity contribution in [1.82, 2.24) is 0 Å². The molecule has 1 heterocycles. The van der Waals surface area contributed by atoms with E-state index in [0.29, 0.717) is 35.2 Å². The van der Waals surface area contributed by atoms with Gasteiger partial charge >= 0.3 is 0 Å². The van der Waals surface area contributed by atoms with Crippen molar-refractivity contribution in [2.24, 2.45) is 5.73 Å².